The summed E-state index contributed by atoms with van der Waals surface area (Å²) in [7, 11) is 0. The maximum Gasteiger partial charge on any atom is 0.404 e. The highest BCUT2D eigenvalue weighted by Gasteiger charge is 2.45. The predicted molar refractivity (Wildman–Crippen MR) is 136 cm³/mol. The highest BCUT2D eigenvalue weighted by Crippen LogP contribution is 2.47. The number of aliphatic hydroxyl groups is 1. The molecule has 1 aromatic heterocycles. The number of nitrogens with one attached hydrogen (secondary N) is 2. The lowest BCUT2D eigenvalue weighted by Crippen LogP contribution is -2.50. The van der Waals surface area contributed by atoms with Gasteiger partial charge in [0.25, 0.3) is 0 Å². The third kappa shape index (κ3) is 5.32. The highest BCUT2D eigenvalue weighted by atomic mass is 35.5. The van der Waals surface area contributed by atoms with E-state index >= 15 is 0 Å². The summed E-state index contributed by atoms with van der Waals surface area (Å²) >= 11 is 13.9. The SMILES string of the molecule is Cc1nc(N2CCC3(CCCC3NC(=O)O)CC2)c(NCCO)nc1Sc1cccc(Cl)c1Cl. The number of hydrogen-bond donors (Lipinski definition) is 4. The topological polar surface area (TPSA) is 111 Å². The molecule has 1 spiro atoms. The number of anilines is 2. The van der Waals surface area contributed by atoms with Gasteiger partial charge in [-0.2, -0.15) is 0 Å². The summed E-state index contributed by atoms with van der Waals surface area (Å²) in [5.74, 6) is 1.37. The highest BCUT2D eigenvalue weighted by molar-refractivity contribution is 7.99. The van der Waals surface area contributed by atoms with Gasteiger partial charge in [-0.1, -0.05) is 47.5 Å². The first-order valence-electron chi connectivity index (χ1n) is 11.4. The molecule has 11 heteroatoms. The van der Waals surface area contributed by atoms with Crippen LogP contribution in [0, 0.1) is 12.3 Å². The molecule has 2 aliphatic rings. The van der Waals surface area contributed by atoms with Crippen LogP contribution in [0.1, 0.15) is 37.8 Å². The standard InChI is InChI=1S/C23H29Cl2N5O3S/c1-14-21(34-16-5-2-4-15(24)18(16)25)29-19(26-10-13-31)20(27-14)30-11-8-23(9-12-30)7-3-6-17(23)28-22(32)33/h2,4-5,17,28,31H,3,6-13H2,1H3,(H,26,29)(H,32,33). The summed E-state index contributed by atoms with van der Waals surface area (Å²) in [6, 6.07) is 5.49. The monoisotopic (exact) mass is 525 g/mol. The van der Waals surface area contributed by atoms with Crippen molar-refractivity contribution in [3.63, 3.8) is 0 Å². The zero-order valence-electron chi connectivity index (χ0n) is 19.0. The minimum absolute atomic E-state index is 0.00757. The van der Waals surface area contributed by atoms with Crippen LogP contribution in [0.25, 0.3) is 0 Å². The second-order valence-electron chi connectivity index (χ2n) is 8.83. The second kappa shape index (κ2) is 10.8. The smallest absolute Gasteiger partial charge is 0.404 e. The maximum atomic E-state index is 11.3. The van der Waals surface area contributed by atoms with Gasteiger partial charge in [0.1, 0.15) is 5.03 Å². The number of rotatable bonds is 7. The summed E-state index contributed by atoms with van der Waals surface area (Å²) in [6.07, 6.45) is 3.83. The van der Waals surface area contributed by atoms with Gasteiger partial charge in [-0.3, -0.25) is 0 Å². The number of piperidine rings is 1. The molecule has 2 aromatic rings. The van der Waals surface area contributed by atoms with Crippen LogP contribution in [-0.4, -0.2) is 58.6 Å². The number of benzene rings is 1. The third-order valence-electron chi connectivity index (χ3n) is 6.80. The average molecular weight is 526 g/mol. The number of aliphatic hydroxyl groups excluding tert-OH is 1. The van der Waals surface area contributed by atoms with E-state index in [-0.39, 0.29) is 18.1 Å². The van der Waals surface area contributed by atoms with Gasteiger partial charge >= 0.3 is 6.09 Å². The van der Waals surface area contributed by atoms with Gasteiger partial charge in [0.15, 0.2) is 11.6 Å². The van der Waals surface area contributed by atoms with Gasteiger partial charge in [0.05, 0.1) is 22.3 Å². The summed E-state index contributed by atoms with van der Waals surface area (Å²) < 4.78 is 0. The Morgan fingerprint density at radius 1 is 1.26 bits per heavy atom. The second-order valence-corrected chi connectivity index (χ2v) is 10.7. The van der Waals surface area contributed by atoms with E-state index in [1.807, 2.05) is 19.1 Å². The minimum Gasteiger partial charge on any atom is -0.465 e. The molecule has 1 unspecified atom stereocenters. The molecular weight excluding hydrogens is 497 g/mol. The number of carboxylic acid groups (broad SMARTS) is 1. The Balaban J connectivity index is 1.56. The van der Waals surface area contributed by atoms with Gasteiger partial charge in [0.2, 0.25) is 0 Å². The van der Waals surface area contributed by atoms with Crippen molar-refractivity contribution < 1.29 is 15.0 Å². The molecule has 1 saturated carbocycles. The molecule has 1 atom stereocenters. The van der Waals surface area contributed by atoms with Crippen LogP contribution in [-0.2, 0) is 0 Å². The van der Waals surface area contributed by atoms with Crippen LogP contribution >= 0.6 is 35.0 Å². The minimum atomic E-state index is -0.946. The number of aromatic nitrogens is 2. The zero-order chi connectivity index (χ0) is 24.3. The fourth-order valence-electron chi connectivity index (χ4n) is 5.04. The number of nitrogens with zero attached hydrogens (tertiary/aromatic N) is 3. The lowest BCUT2D eigenvalue weighted by atomic mass is 9.74. The Bertz CT molecular complexity index is 1050. The summed E-state index contributed by atoms with van der Waals surface area (Å²) in [4.78, 5) is 24.0. The Labute approximate surface area is 213 Å². The van der Waals surface area contributed by atoms with E-state index in [4.69, 9.17) is 33.2 Å². The van der Waals surface area contributed by atoms with E-state index in [1.54, 1.807) is 6.07 Å². The first-order chi connectivity index (χ1) is 16.3. The molecule has 2 heterocycles. The number of aryl methyl sites for hydroxylation is 1. The summed E-state index contributed by atoms with van der Waals surface area (Å²) in [5, 5.41) is 26.3. The van der Waals surface area contributed by atoms with E-state index in [9.17, 15) is 15.0 Å². The fraction of sp³-hybridized carbons (Fsp3) is 0.522. The molecule has 34 heavy (non-hydrogen) atoms. The van der Waals surface area contributed by atoms with E-state index in [2.05, 4.69) is 15.5 Å². The van der Waals surface area contributed by atoms with Gasteiger partial charge in [0, 0.05) is 30.6 Å². The predicted octanol–water partition coefficient (Wildman–Crippen LogP) is 5.05. The van der Waals surface area contributed by atoms with Crippen molar-refractivity contribution in [3.05, 3.63) is 33.9 Å². The Kier molecular flexibility index (Phi) is 7.97. The Hall–Kier alpha value is -1.94. The molecule has 0 bridgehead atoms. The third-order valence-corrected chi connectivity index (χ3v) is 8.87. The molecule has 1 aliphatic heterocycles. The average Bonchev–Trinajstić information content (AvgIpc) is 3.18. The van der Waals surface area contributed by atoms with Gasteiger partial charge in [-0.05, 0) is 50.2 Å². The zero-order valence-corrected chi connectivity index (χ0v) is 21.3. The molecule has 1 saturated heterocycles. The molecule has 4 N–H and O–H groups in total. The van der Waals surface area contributed by atoms with E-state index in [1.165, 1.54) is 11.8 Å². The van der Waals surface area contributed by atoms with Crippen LogP contribution in [0.5, 0.6) is 0 Å². The molecule has 1 amide bonds. The largest absolute Gasteiger partial charge is 0.465 e. The van der Waals surface area contributed by atoms with E-state index in [0.717, 1.165) is 61.6 Å². The van der Waals surface area contributed by atoms with Crippen LogP contribution in [0.4, 0.5) is 16.4 Å². The molecule has 1 aliphatic carbocycles. The number of carbonyl (C=O) groups is 1. The first-order valence-corrected chi connectivity index (χ1v) is 13.0. The summed E-state index contributed by atoms with van der Waals surface area (Å²) in [6.45, 7) is 3.79. The number of amides is 1. The van der Waals surface area contributed by atoms with Crippen molar-refractivity contribution in [2.24, 2.45) is 5.41 Å². The Morgan fingerprint density at radius 3 is 2.74 bits per heavy atom. The fourth-order valence-corrected chi connectivity index (χ4v) is 6.40. The van der Waals surface area contributed by atoms with Crippen LogP contribution < -0.4 is 15.5 Å². The molecule has 184 valence electrons. The molecule has 1 aromatic carbocycles. The van der Waals surface area contributed by atoms with Crippen LogP contribution in [0.15, 0.2) is 28.1 Å². The van der Waals surface area contributed by atoms with Crippen molar-refractivity contribution in [2.75, 3.05) is 36.5 Å². The quantitative estimate of drug-likeness (QED) is 0.397. The van der Waals surface area contributed by atoms with E-state index < -0.39 is 6.09 Å². The molecule has 8 nitrogen and oxygen atoms in total. The molecule has 2 fully saturated rings. The Morgan fingerprint density at radius 2 is 2.03 bits per heavy atom. The summed E-state index contributed by atoms with van der Waals surface area (Å²) in [5.41, 5.74) is 0.784. The van der Waals surface area contributed by atoms with Crippen molar-refractivity contribution in [2.45, 2.75) is 55.0 Å². The molecule has 0 radical (unpaired) electrons. The lowest BCUT2D eigenvalue weighted by Gasteiger charge is -2.43. The number of hydrogen-bond acceptors (Lipinski definition) is 7. The van der Waals surface area contributed by atoms with Crippen LogP contribution in [0.2, 0.25) is 10.0 Å². The van der Waals surface area contributed by atoms with Crippen LogP contribution in [0.3, 0.4) is 0 Å². The first kappa shape index (κ1) is 25.2. The number of halogens is 2. The van der Waals surface area contributed by atoms with Gasteiger partial charge in [-0.25, -0.2) is 14.8 Å². The normalized spacial score (nSPS) is 19.4. The van der Waals surface area contributed by atoms with Gasteiger partial charge < -0.3 is 25.7 Å². The van der Waals surface area contributed by atoms with Crippen molar-refractivity contribution in [3.8, 4) is 0 Å². The van der Waals surface area contributed by atoms with Gasteiger partial charge in [-0.15, -0.1) is 0 Å². The van der Waals surface area contributed by atoms with Crippen molar-refractivity contribution >= 4 is 52.7 Å². The lowest BCUT2D eigenvalue weighted by molar-refractivity contribution is 0.149. The van der Waals surface area contributed by atoms with E-state index in [0.29, 0.717) is 27.4 Å². The van der Waals surface area contributed by atoms with Crippen molar-refractivity contribution in [1.29, 1.82) is 0 Å². The molecular formula is C23H29Cl2N5O3S. The molecule has 4 rings (SSSR count). The van der Waals surface area contributed by atoms with Crippen molar-refractivity contribution in [1.82, 2.24) is 15.3 Å². The maximum absolute atomic E-state index is 11.3.